The first-order valence-electron chi connectivity index (χ1n) is 10.4. The van der Waals surface area contributed by atoms with Gasteiger partial charge in [-0.1, -0.05) is 12.1 Å². The van der Waals surface area contributed by atoms with E-state index in [-0.39, 0.29) is 17.9 Å². The van der Waals surface area contributed by atoms with Crippen molar-refractivity contribution in [1.29, 1.82) is 0 Å². The van der Waals surface area contributed by atoms with E-state index in [1.807, 2.05) is 36.9 Å². The van der Waals surface area contributed by atoms with Gasteiger partial charge in [-0.2, -0.15) is 0 Å². The third-order valence-corrected chi connectivity index (χ3v) is 5.54. The number of benzene rings is 1. The number of aromatic nitrogens is 1. The maximum Gasteiger partial charge on any atom is 0.255 e. The van der Waals surface area contributed by atoms with Crippen LogP contribution in [0.15, 0.2) is 34.9 Å². The van der Waals surface area contributed by atoms with Crippen LogP contribution in [-0.2, 0) is 11.2 Å². The van der Waals surface area contributed by atoms with Gasteiger partial charge in [0, 0.05) is 44.8 Å². The Bertz CT molecular complexity index is 915. The first kappa shape index (κ1) is 20.3. The van der Waals surface area contributed by atoms with Crippen molar-refractivity contribution >= 4 is 11.8 Å². The Labute approximate surface area is 175 Å². The molecule has 0 unspecified atom stereocenters. The molecule has 0 saturated carbocycles. The summed E-state index contributed by atoms with van der Waals surface area (Å²) in [5.41, 5.74) is 0.0771. The highest BCUT2D eigenvalue weighted by Gasteiger charge is 2.40. The number of fused-ring (bicyclic) bond motifs is 1. The summed E-state index contributed by atoms with van der Waals surface area (Å²) in [5.74, 6) is 1.65. The molecule has 2 aromatic rings. The average Bonchev–Trinajstić information content (AvgIpc) is 3.12. The molecule has 2 aliphatic rings. The normalized spacial score (nSPS) is 17.8. The Morgan fingerprint density at radius 2 is 2.07 bits per heavy atom. The summed E-state index contributed by atoms with van der Waals surface area (Å²) in [4.78, 5) is 26.8. The third-order valence-electron chi connectivity index (χ3n) is 5.54. The minimum atomic E-state index is -0.479. The predicted octanol–water partition coefficient (Wildman–Crippen LogP) is 2.58. The summed E-state index contributed by atoms with van der Waals surface area (Å²) < 4.78 is 17.0. The van der Waals surface area contributed by atoms with Gasteiger partial charge in [0.15, 0.2) is 0 Å². The maximum absolute atomic E-state index is 12.7. The van der Waals surface area contributed by atoms with Crippen LogP contribution >= 0.6 is 0 Å². The number of rotatable bonds is 5. The molecule has 0 radical (unpaired) electrons. The Morgan fingerprint density at radius 1 is 1.30 bits per heavy atom. The number of hydrogen-bond donors (Lipinski definition) is 1. The molecule has 2 aliphatic heterocycles. The number of carbonyl (C=O) groups excluding carboxylic acids is 2. The highest BCUT2D eigenvalue weighted by Crippen LogP contribution is 2.33. The van der Waals surface area contributed by atoms with Crippen molar-refractivity contribution in [3.05, 3.63) is 41.7 Å². The van der Waals surface area contributed by atoms with Crippen molar-refractivity contribution in [3.8, 4) is 11.6 Å². The quantitative estimate of drug-likeness (QED) is 0.810. The van der Waals surface area contributed by atoms with E-state index in [0.717, 1.165) is 0 Å². The van der Waals surface area contributed by atoms with E-state index < -0.39 is 5.60 Å². The highest BCUT2D eigenvalue weighted by molar-refractivity contribution is 5.97. The first-order chi connectivity index (χ1) is 14.4. The topological polar surface area (TPSA) is 93.9 Å². The van der Waals surface area contributed by atoms with E-state index in [2.05, 4.69) is 10.5 Å². The molecule has 0 bridgehead atoms. The summed E-state index contributed by atoms with van der Waals surface area (Å²) in [7, 11) is 0. The van der Waals surface area contributed by atoms with Gasteiger partial charge in [0.1, 0.15) is 17.1 Å². The lowest BCUT2D eigenvalue weighted by Crippen LogP contribution is -2.54. The molecular formula is C22H27N3O5. The molecule has 1 aromatic carbocycles. The zero-order valence-electron chi connectivity index (χ0n) is 17.3. The number of aryl methyl sites for hydroxylation is 1. The summed E-state index contributed by atoms with van der Waals surface area (Å²) >= 11 is 0. The van der Waals surface area contributed by atoms with Crippen LogP contribution < -0.4 is 14.8 Å². The van der Waals surface area contributed by atoms with Crippen LogP contribution in [0.25, 0.3) is 0 Å². The van der Waals surface area contributed by atoms with Gasteiger partial charge in [-0.15, -0.1) is 0 Å². The summed E-state index contributed by atoms with van der Waals surface area (Å²) in [6.07, 6.45) is 2.19. The number of ether oxygens (including phenoxy) is 2. The molecule has 1 saturated heterocycles. The van der Waals surface area contributed by atoms with Crippen LogP contribution in [-0.4, -0.2) is 53.2 Å². The van der Waals surface area contributed by atoms with E-state index in [9.17, 15) is 9.59 Å². The molecule has 1 N–H and O–H groups in total. The Morgan fingerprint density at radius 3 is 2.83 bits per heavy atom. The molecular weight excluding hydrogens is 386 g/mol. The Hall–Kier alpha value is -3.03. The number of nitrogens with one attached hydrogen (secondary N) is 1. The van der Waals surface area contributed by atoms with E-state index in [0.29, 0.717) is 68.3 Å². The van der Waals surface area contributed by atoms with E-state index >= 15 is 0 Å². The Kier molecular flexibility index (Phi) is 5.65. The highest BCUT2D eigenvalue weighted by atomic mass is 16.5. The standard InChI is InChI=1S/C22H27N3O5/c1-15(2)28-19-13-16(30-24-19)7-8-20(26)25-11-9-22(10-12-25)14-23-21(27)17-5-3-4-6-18(17)29-22/h3-6,13,15H,7-12,14H2,1-2H3,(H,23,27). The number of hydrogen-bond acceptors (Lipinski definition) is 6. The smallest absolute Gasteiger partial charge is 0.255 e. The molecule has 1 spiro atoms. The molecule has 8 nitrogen and oxygen atoms in total. The van der Waals surface area contributed by atoms with Crippen LogP contribution in [0.1, 0.15) is 49.2 Å². The van der Waals surface area contributed by atoms with Gasteiger partial charge in [-0.05, 0) is 31.1 Å². The molecule has 2 amide bonds. The number of para-hydroxylation sites is 1. The summed E-state index contributed by atoms with van der Waals surface area (Å²) in [6, 6.07) is 9.02. The SMILES string of the molecule is CC(C)Oc1cc(CCC(=O)N2CCC3(CC2)CNC(=O)c2ccccc2O3)on1. The molecule has 1 fully saturated rings. The van der Waals surface area contributed by atoms with Crippen molar-refractivity contribution in [1.82, 2.24) is 15.4 Å². The fourth-order valence-corrected chi connectivity index (χ4v) is 3.89. The molecule has 1 aromatic heterocycles. The monoisotopic (exact) mass is 413 g/mol. The van der Waals surface area contributed by atoms with Crippen LogP contribution in [0.5, 0.6) is 11.6 Å². The zero-order chi connectivity index (χ0) is 21.1. The molecule has 0 aliphatic carbocycles. The first-order valence-corrected chi connectivity index (χ1v) is 10.4. The van der Waals surface area contributed by atoms with Crippen molar-refractivity contribution in [2.24, 2.45) is 0 Å². The molecule has 0 atom stereocenters. The number of carbonyl (C=O) groups is 2. The predicted molar refractivity (Wildman–Crippen MR) is 109 cm³/mol. The zero-order valence-corrected chi connectivity index (χ0v) is 17.3. The number of amides is 2. The second-order valence-electron chi connectivity index (χ2n) is 8.14. The van der Waals surface area contributed by atoms with Gasteiger partial charge in [0.25, 0.3) is 11.8 Å². The molecule has 8 heteroatoms. The van der Waals surface area contributed by atoms with Crippen molar-refractivity contribution < 1.29 is 23.6 Å². The van der Waals surface area contributed by atoms with Gasteiger partial charge in [-0.25, -0.2) is 0 Å². The fourth-order valence-electron chi connectivity index (χ4n) is 3.89. The maximum atomic E-state index is 12.7. The van der Waals surface area contributed by atoms with Crippen molar-refractivity contribution in [3.63, 3.8) is 0 Å². The van der Waals surface area contributed by atoms with Gasteiger partial charge >= 0.3 is 0 Å². The van der Waals surface area contributed by atoms with Crippen LogP contribution in [0.3, 0.4) is 0 Å². The summed E-state index contributed by atoms with van der Waals surface area (Å²) in [5, 5.41) is 6.83. The lowest BCUT2D eigenvalue weighted by atomic mass is 9.90. The van der Waals surface area contributed by atoms with Gasteiger partial charge < -0.3 is 24.2 Å². The van der Waals surface area contributed by atoms with Crippen molar-refractivity contribution in [2.75, 3.05) is 19.6 Å². The lowest BCUT2D eigenvalue weighted by Gasteiger charge is -2.41. The number of nitrogens with zero attached hydrogens (tertiary/aromatic N) is 2. The van der Waals surface area contributed by atoms with Gasteiger partial charge in [0.05, 0.1) is 18.2 Å². The van der Waals surface area contributed by atoms with Gasteiger partial charge in [-0.3, -0.25) is 9.59 Å². The van der Waals surface area contributed by atoms with E-state index in [4.69, 9.17) is 14.0 Å². The lowest BCUT2D eigenvalue weighted by molar-refractivity contribution is -0.134. The van der Waals surface area contributed by atoms with Crippen LogP contribution in [0.2, 0.25) is 0 Å². The number of piperidine rings is 1. The minimum Gasteiger partial charge on any atom is -0.484 e. The van der Waals surface area contributed by atoms with Crippen LogP contribution in [0.4, 0.5) is 0 Å². The number of likely N-dealkylation sites (tertiary alicyclic amines) is 1. The molecule has 3 heterocycles. The average molecular weight is 413 g/mol. The molecule has 4 rings (SSSR count). The second kappa shape index (κ2) is 8.38. The second-order valence-corrected chi connectivity index (χ2v) is 8.14. The third kappa shape index (κ3) is 4.42. The minimum absolute atomic E-state index is 0.0215. The van der Waals surface area contributed by atoms with Crippen LogP contribution in [0, 0.1) is 0 Å². The largest absolute Gasteiger partial charge is 0.484 e. The van der Waals surface area contributed by atoms with Crippen molar-refractivity contribution in [2.45, 2.75) is 51.2 Å². The van der Waals surface area contributed by atoms with E-state index in [1.165, 1.54) is 0 Å². The molecule has 30 heavy (non-hydrogen) atoms. The fraction of sp³-hybridized carbons (Fsp3) is 0.500. The molecule has 160 valence electrons. The van der Waals surface area contributed by atoms with Gasteiger partial charge in [0.2, 0.25) is 5.91 Å². The summed E-state index contributed by atoms with van der Waals surface area (Å²) in [6.45, 7) is 5.47. The Balaban J connectivity index is 1.31. The van der Waals surface area contributed by atoms with E-state index in [1.54, 1.807) is 12.1 Å².